The molecule has 19 heavy (non-hydrogen) atoms. The fraction of sp³-hybridized carbons (Fsp3) is 0.0909. The molecule has 0 fully saturated rings. The van der Waals surface area contributed by atoms with Crippen molar-refractivity contribution >= 4 is 33.1 Å². The largest absolute Gasteiger partial charge is 0.433 e. The van der Waals surface area contributed by atoms with Crippen LogP contribution in [0, 0.1) is 0 Å². The second-order valence-corrected chi connectivity index (χ2v) is 4.56. The van der Waals surface area contributed by atoms with Gasteiger partial charge in [-0.05, 0) is 34.1 Å². The summed E-state index contributed by atoms with van der Waals surface area (Å²) < 4.78 is 37.7. The zero-order valence-electron chi connectivity index (χ0n) is 9.37. The van der Waals surface area contributed by atoms with Gasteiger partial charge in [-0.15, -0.1) is 0 Å². The third kappa shape index (κ3) is 3.34. The highest BCUT2D eigenvalue weighted by Gasteiger charge is 2.32. The first-order chi connectivity index (χ1) is 8.86. The molecule has 0 aromatic carbocycles. The number of halogens is 4. The SMILES string of the molecule is Nc1cc(Br)cnc1Nc1ccc(C(F)(F)F)nc1. The highest BCUT2D eigenvalue weighted by Crippen LogP contribution is 2.29. The van der Waals surface area contributed by atoms with Crippen molar-refractivity contribution in [1.29, 1.82) is 0 Å². The van der Waals surface area contributed by atoms with Crippen molar-refractivity contribution in [2.45, 2.75) is 6.18 Å². The number of nitrogen functional groups attached to an aromatic ring is 1. The van der Waals surface area contributed by atoms with Crippen LogP contribution in [0.3, 0.4) is 0 Å². The molecule has 2 rings (SSSR count). The molecule has 0 saturated heterocycles. The van der Waals surface area contributed by atoms with Crippen molar-refractivity contribution < 1.29 is 13.2 Å². The molecule has 0 aliphatic rings. The summed E-state index contributed by atoms with van der Waals surface area (Å²) in [7, 11) is 0. The van der Waals surface area contributed by atoms with E-state index in [1.54, 1.807) is 6.07 Å². The Hall–Kier alpha value is -1.83. The first kappa shape index (κ1) is 13.6. The van der Waals surface area contributed by atoms with Crippen molar-refractivity contribution in [2.24, 2.45) is 0 Å². The monoisotopic (exact) mass is 332 g/mol. The van der Waals surface area contributed by atoms with Crippen molar-refractivity contribution in [3.05, 3.63) is 40.8 Å². The number of hydrogen-bond acceptors (Lipinski definition) is 4. The predicted molar refractivity (Wildman–Crippen MR) is 68.9 cm³/mol. The van der Waals surface area contributed by atoms with E-state index in [4.69, 9.17) is 5.73 Å². The van der Waals surface area contributed by atoms with Crippen LogP contribution in [0.25, 0.3) is 0 Å². The number of anilines is 3. The van der Waals surface area contributed by atoms with Crippen LogP contribution in [0.15, 0.2) is 35.1 Å². The summed E-state index contributed by atoms with van der Waals surface area (Å²) in [6.45, 7) is 0. The quantitative estimate of drug-likeness (QED) is 0.882. The highest BCUT2D eigenvalue weighted by molar-refractivity contribution is 9.10. The molecule has 0 radical (unpaired) electrons. The van der Waals surface area contributed by atoms with Crippen molar-refractivity contribution in [2.75, 3.05) is 11.1 Å². The summed E-state index contributed by atoms with van der Waals surface area (Å²) in [5.74, 6) is 0.352. The summed E-state index contributed by atoms with van der Waals surface area (Å²) in [4.78, 5) is 7.34. The molecule has 0 unspecified atom stereocenters. The summed E-state index contributed by atoms with van der Waals surface area (Å²) in [6, 6.07) is 3.78. The Labute approximate surface area is 115 Å². The van der Waals surface area contributed by atoms with E-state index in [1.807, 2.05) is 0 Å². The maximum absolute atomic E-state index is 12.3. The van der Waals surface area contributed by atoms with Gasteiger partial charge in [0.1, 0.15) is 5.69 Å². The Morgan fingerprint density at radius 3 is 2.42 bits per heavy atom. The molecule has 4 nitrogen and oxygen atoms in total. The Bertz CT molecular complexity index is 583. The van der Waals surface area contributed by atoms with E-state index in [0.717, 1.165) is 12.3 Å². The number of nitrogens with two attached hydrogens (primary N) is 1. The van der Waals surface area contributed by atoms with Gasteiger partial charge in [0.2, 0.25) is 0 Å². The molecule has 0 aliphatic heterocycles. The molecule has 0 atom stereocenters. The second-order valence-electron chi connectivity index (χ2n) is 3.65. The predicted octanol–water partition coefficient (Wildman–Crippen LogP) is 3.58. The van der Waals surface area contributed by atoms with Crippen LogP contribution in [0.4, 0.5) is 30.4 Å². The van der Waals surface area contributed by atoms with E-state index >= 15 is 0 Å². The first-order valence-corrected chi connectivity index (χ1v) is 5.87. The number of aromatic nitrogens is 2. The normalized spacial score (nSPS) is 11.4. The topological polar surface area (TPSA) is 63.8 Å². The Balaban J connectivity index is 2.20. The Morgan fingerprint density at radius 2 is 1.89 bits per heavy atom. The summed E-state index contributed by atoms with van der Waals surface area (Å²) >= 11 is 3.21. The van der Waals surface area contributed by atoms with Crippen molar-refractivity contribution in [3.8, 4) is 0 Å². The van der Waals surface area contributed by atoms with Gasteiger partial charge in [-0.25, -0.2) is 9.97 Å². The maximum Gasteiger partial charge on any atom is 0.433 e. The fourth-order valence-electron chi connectivity index (χ4n) is 1.33. The fourth-order valence-corrected chi connectivity index (χ4v) is 1.68. The van der Waals surface area contributed by atoms with Crippen LogP contribution in [0.2, 0.25) is 0 Å². The van der Waals surface area contributed by atoms with Gasteiger partial charge < -0.3 is 11.1 Å². The molecule has 0 bridgehead atoms. The number of pyridine rings is 2. The van der Waals surface area contributed by atoms with Gasteiger partial charge >= 0.3 is 6.18 Å². The van der Waals surface area contributed by atoms with Crippen molar-refractivity contribution in [3.63, 3.8) is 0 Å². The number of nitrogens with zero attached hydrogens (tertiary/aromatic N) is 2. The van der Waals surface area contributed by atoms with E-state index in [2.05, 4.69) is 31.2 Å². The van der Waals surface area contributed by atoms with Crippen LogP contribution in [0.1, 0.15) is 5.69 Å². The lowest BCUT2D eigenvalue weighted by Gasteiger charge is -2.09. The maximum atomic E-state index is 12.3. The molecular formula is C11H8BrF3N4. The van der Waals surface area contributed by atoms with E-state index in [-0.39, 0.29) is 0 Å². The van der Waals surface area contributed by atoms with E-state index in [1.165, 1.54) is 12.3 Å². The van der Waals surface area contributed by atoms with Gasteiger partial charge in [-0.3, -0.25) is 0 Å². The molecule has 2 aromatic heterocycles. The number of rotatable bonds is 2. The number of nitrogens with one attached hydrogen (secondary N) is 1. The average Bonchev–Trinajstić information content (AvgIpc) is 2.32. The Kier molecular flexibility index (Phi) is 3.61. The molecule has 0 saturated carbocycles. The van der Waals surface area contributed by atoms with E-state index in [9.17, 15) is 13.2 Å². The van der Waals surface area contributed by atoms with Gasteiger partial charge in [-0.1, -0.05) is 0 Å². The summed E-state index contributed by atoms with van der Waals surface area (Å²) in [5, 5.41) is 2.79. The molecule has 0 aliphatic carbocycles. The van der Waals surface area contributed by atoms with Gasteiger partial charge in [-0.2, -0.15) is 13.2 Å². The van der Waals surface area contributed by atoms with Gasteiger partial charge in [0.05, 0.1) is 17.6 Å². The highest BCUT2D eigenvalue weighted by atomic mass is 79.9. The van der Waals surface area contributed by atoms with E-state index < -0.39 is 11.9 Å². The van der Waals surface area contributed by atoms with Gasteiger partial charge in [0, 0.05) is 10.7 Å². The summed E-state index contributed by atoms with van der Waals surface area (Å²) in [6.07, 6.45) is -1.85. The minimum atomic E-state index is -4.45. The molecule has 0 amide bonds. The van der Waals surface area contributed by atoms with Crippen LogP contribution in [-0.4, -0.2) is 9.97 Å². The van der Waals surface area contributed by atoms with Gasteiger partial charge in [0.25, 0.3) is 0 Å². The average molecular weight is 333 g/mol. The number of hydrogen-bond donors (Lipinski definition) is 2. The third-order valence-corrected chi connectivity index (χ3v) is 2.63. The molecule has 2 heterocycles. The van der Waals surface area contributed by atoms with Gasteiger partial charge in [0.15, 0.2) is 5.82 Å². The molecule has 0 spiro atoms. The molecular weight excluding hydrogens is 325 g/mol. The van der Waals surface area contributed by atoms with Crippen LogP contribution < -0.4 is 11.1 Å². The minimum absolute atomic E-state index is 0.352. The number of alkyl halides is 3. The molecule has 2 aromatic rings. The first-order valence-electron chi connectivity index (χ1n) is 5.07. The third-order valence-electron chi connectivity index (χ3n) is 2.20. The van der Waals surface area contributed by atoms with E-state index in [0.29, 0.717) is 21.7 Å². The summed E-state index contributed by atoms with van der Waals surface area (Å²) in [5.41, 5.74) is 5.50. The lowest BCUT2D eigenvalue weighted by Crippen LogP contribution is -2.08. The van der Waals surface area contributed by atoms with Crippen LogP contribution >= 0.6 is 15.9 Å². The second kappa shape index (κ2) is 5.04. The smallest absolute Gasteiger partial charge is 0.396 e. The van der Waals surface area contributed by atoms with Crippen LogP contribution in [-0.2, 0) is 6.18 Å². The molecule has 8 heteroatoms. The molecule has 3 N–H and O–H groups in total. The zero-order chi connectivity index (χ0) is 14.0. The standard InChI is InChI=1S/C11H8BrF3N4/c12-6-3-8(16)10(18-4-6)19-7-1-2-9(17-5-7)11(13,14)15/h1-5H,16H2,(H,18,19). The Morgan fingerprint density at radius 1 is 1.16 bits per heavy atom. The lowest BCUT2D eigenvalue weighted by atomic mass is 10.3. The van der Waals surface area contributed by atoms with Crippen LogP contribution in [0.5, 0.6) is 0 Å². The molecule has 100 valence electrons. The lowest BCUT2D eigenvalue weighted by molar-refractivity contribution is -0.141. The minimum Gasteiger partial charge on any atom is -0.396 e. The zero-order valence-corrected chi connectivity index (χ0v) is 11.0. The van der Waals surface area contributed by atoms with Crippen molar-refractivity contribution in [1.82, 2.24) is 9.97 Å².